The number of esters is 1. The van der Waals surface area contributed by atoms with Crippen LogP contribution in [0.1, 0.15) is 55.1 Å². The van der Waals surface area contributed by atoms with E-state index < -0.39 is 17.6 Å². The van der Waals surface area contributed by atoms with Gasteiger partial charge in [0, 0.05) is 18.0 Å². The van der Waals surface area contributed by atoms with E-state index in [4.69, 9.17) is 4.74 Å². The quantitative estimate of drug-likeness (QED) is 0.683. The summed E-state index contributed by atoms with van der Waals surface area (Å²) >= 11 is 1.35. The van der Waals surface area contributed by atoms with Crippen LogP contribution in [-0.2, 0) is 9.53 Å². The van der Waals surface area contributed by atoms with E-state index >= 15 is 0 Å². The fraction of sp³-hybridized carbons (Fsp3) is 0.455. The molecule has 1 aliphatic rings. The fourth-order valence-corrected chi connectivity index (χ4v) is 4.41. The van der Waals surface area contributed by atoms with Gasteiger partial charge in [0.05, 0.1) is 6.07 Å². The van der Waals surface area contributed by atoms with Crippen molar-refractivity contribution in [3.05, 3.63) is 40.9 Å². The number of hydrogen-bond donors (Lipinski definition) is 0. The van der Waals surface area contributed by atoms with E-state index in [1.807, 2.05) is 31.2 Å². The molecular formula is C22H25N3O3S. The molecule has 7 heteroatoms. The zero-order chi connectivity index (χ0) is 21.0. The number of benzene rings is 1. The summed E-state index contributed by atoms with van der Waals surface area (Å²) in [7, 11) is 1.62. The van der Waals surface area contributed by atoms with Crippen LogP contribution in [0.4, 0.5) is 0 Å². The van der Waals surface area contributed by atoms with Crippen molar-refractivity contribution in [2.24, 2.45) is 0 Å². The minimum Gasteiger partial charge on any atom is -0.448 e. The first-order valence-electron chi connectivity index (χ1n) is 9.79. The van der Waals surface area contributed by atoms with Crippen LogP contribution in [-0.4, -0.2) is 40.5 Å². The normalized spacial score (nSPS) is 16.5. The largest absolute Gasteiger partial charge is 0.448 e. The van der Waals surface area contributed by atoms with E-state index in [1.54, 1.807) is 12.4 Å². The SMILES string of the molecule is Cc1ccc(-c2nc(C(=O)O[C@@H](C)C(=O)N(C)C3(C#N)CCCCC3)cs2)cc1. The lowest BCUT2D eigenvalue weighted by atomic mass is 9.81. The highest BCUT2D eigenvalue weighted by molar-refractivity contribution is 7.13. The predicted molar refractivity (Wildman–Crippen MR) is 111 cm³/mol. The molecule has 0 saturated heterocycles. The topological polar surface area (TPSA) is 83.3 Å². The zero-order valence-electron chi connectivity index (χ0n) is 17.0. The highest BCUT2D eigenvalue weighted by Crippen LogP contribution is 2.33. The van der Waals surface area contributed by atoms with Crippen molar-refractivity contribution >= 4 is 23.2 Å². The number of rotatable bonds is 5. The van der Waals surface area contributed by atoms with E-state index in [0.29, 0.717) is 12.8 Å². The number of aromatic nitrogens is 1. The lowest BCUT2D eigenvalue weighted by molar-refractivity contribution is -0.143. The molecule has 0 bridgehead atoms. The van der Waals surface area contributed by atoms with Crippen molar-refractivity contribution in [3.8, 4) is 16.6 Å². The maximum absolute atomic E-state index is 12.8. The van der Waals surface area contributed by atoms with Gasteiger partial charge in [-0.3, -0.25) is 4.79 Å². The smallest absolute Gasteiger partial charge is 0.358 e. The minimum atomic E-state index is -0.982. The first kappa shape index (κ1) is 21.0. The second kappa shape index (κ2) is 8.75. The third-order valence-corrected chi connectivity index (χ3v) is 6.40. The molecule has 2 aromatic rings. The third kappa shape index (κ3) is 4.48. The van der Waals surface area contributed by atoms with Gasteiger partial charge in [-0.15, -0.1) is 11.3 Å². The molecule has 1 amide bonds. The highest BCUT2D eigenvalue weighted by Gasteiger charge is 2.40. The van der Waals surface area contributed by atoms with Gasteiger partial charge in [-0.1, -0.05) is 49.1 Å². The monoisotopic (exact) mass is 411 g/mol. The molecule has 1 aliphatic carbocycles. The first-order chi connectivity index (χ1) is 13.9. The van der Waals surface area contributed by atoms with E-state index in [9.17, 15) is 14.9 Å². The third-order valence-electron chi connectivity index (χ3n) is 5.50. The summed E-state index contributed by atoms with van der Waals surface area (Å²) in [6, 6.07) is 10.2. The second-order valence-electron chi connectivity index (χ2n) is 7.55. The van der Waals surface area contributed by atoms with Crippen LogP contribution in [0.15, 0.2) is 29.6 Å². The second-order valence-corrected chi connectivity index (χ2v) is 8.41. The molecule has 0 unspecified atom stereocenters. The van der Waals surface area contributed by atoms with Crippen molar-refractivity contribution in [2.45, 2.75) is 57.6 Å². The van der Waals surface area contributed by atoms with Gasteiger partial charge in [0.2, 0.25) is 0 Å². The molecule has 1 fully saturated rings. The Morgan fingerprint density at radius 1 is 1.24 bits per heavy atom. The Bertz CT molecular complexity index is 924. The first-order valence-corrected chi connectivity index (χ1v) is 10.7. The van der Waals surface area contributed by atoms with Gasteiger partial charge in [-0.05, 0) is 26.7 Å². The summed E-state index contributed by atoms with van der Waals surface area (Å²) in [5, 5.41) is 12.0. The number of amides is 1. The summed E-state index contributed by atoms with van der Waals surface area (Å²) < 4.78 is 5.37. The van der Waals surface area contributed by atoms with Gasteiger partial charge in [-0.25, -0.2) is 9.78 Å². The maximum atomic E-state index is 12.8. The van der Waals surface area contributed by atoms with Crippen molar-refractivity contribution in [3.63, 3.8) is 0 Å². The van der Waals surface area contributed by atoms with Crippen LogP contribution < -0.4 is 0 Å². The summed E-state index contributed by atoms with van der Waals surface area (Å²) in [5.74, 6) is -1.00. The van der Waals surface area contributed by atoms with Crippen molar-refractivity contribution in [1.82, 2.24) is 9.88 Å². The molecule has 0 spiro atoms. The summed E-state index contributed by atoms with van der Waals surface area (Å²) in [6.45, 7) is 3.55. The van der Waals surface area contributed by atoms with Gasteiger partial charge in [0.1, 0.15) is 10.5 Å². The lowest BCUT2D eigenvalue weighted by Crippen LogP contribution is -2.53. The molecule has 1 aromatic heterocycles. The Morgan fingerprint density at radius 2 is 1.90 bits per heavy atom. The van der Waals surface area contributed by atoms with Crippen LogP contribution in [0.3, 0.4) is 0 Å². The van der Waals surface area contributed by atoms with Gasteiger partial charge >= 0.3 is 5.97 Å². The Morgan fingerprint density at radius 3 is 2.52 bits per heavy atom. The maximum Gasteiger partial charge on any atom is 0.358 e. The molecular weight excluding hydrogens is 386 g/mol. The van der Waals surface area contributed by atoms with Gasteiger partial charge < -0.3 is 9.64 Å². The summed E-state index contributed by atoms with van der Waals surface area (Å²) in [5.41, 5.74) is 1.45. The number of hydrogen-bond acceptors (Lipinski definition) is 6. The molecule has 29 heavy (non-hydrogen) atoms. The van der Waals surface area contributed by atoms with Crippen LogP contribution in [0.5, 0.6) is 0 Å². The van der Waals surface area contributed by atoms with Gasteiger partial charge in [-0.2, -0.15) is 5.26 Å². The number of nitriles is 1. The molecule has 1 atom stereocenters. The van der Waals surface area contributed by atoms with Crippen LogP contribution in [0.25, 0.3) is 10.6 Å². The lowest BCUT2D eigenvalue weighted by Gasteiger charge is -2.39. The molecule has 152 valence electrons. The minimum absolute atomic E-state index is 0.181. The molecule has 1 heterocycles. The average molecular weight is 412 g/mol. The van der Waals surface area contributed by atoms with Crippen molar-refractivity contribution in [2.75, 3.05) is 7.05 Å². The standard InChI is InChI=1S/C22H25N3O3S/c1-15-7-9-17(10-8-15)19-24-18(13-29-19)21(27)28-16(2)20(26)25(3)22(14-23)11-5-4-6-12-22/h7-10,13,16H,4-6,11-12H2,1-3H3/t16-/m0/s1. The van der Waals surface area contributed by atoms with E-state index in [-0.39, 0.29) is 11.6 Å². The molecule has 0 aliphatic heterocycles. The molecule has 0 N–H and O–H groups in total. The number of aryl methyl sites for hydroxylation is 1. The van der Waals surface area contributed by atoms with E-state index in [2.05, 4.69) is 11.1 Å². The molecule has 3 rings (SSSR count). The Kier molecular flexibility index (Phi) is 6.33. The fourth-order valence-electron chi connectivity index (χ4n) is 3.61. The number of nitrogens with zero attached hydrogens (tertiary/aromatic N) is 3. The van der Waals surface area contributed by atoms with Crippen molar-refractivity contribution in [1.29, 1.82) is 5.26 Å². The van der Waals surface area contributed by atoms with Crippen molar-refractivity contribution < 1.29 is 14.3 Å². The van der Waals surface area contributed by atoms with Gasteiger partial charge in [0.25, 0.3) is 5.91 Å². The Labute approximate surface area is 175 Å². The number of likely N-dealkylation sites (N-methyl/N-ethyl adjacent to an activating group) is 1. The summed E-state index contributed by atoms with van der Waals surface area (Å²) in [4.78, 5) is 31.1. The molecule has 1 aromatic carbocycles. The number of thiazole rings is 1. The number of carbonyl (C=O) groups is 2. The Balaban J connectivity index is 1.66. The predicted octanol–water partition coefficient (Wildman–Crippen LogP) is 4.35. The van der Waals surface area contributed by atoms with E-state index in [0.717, 1.165) is 35.4 Å². The number of ether oxygens (including phenoxy) is 1. The van der Waals surface area contributed by atoms with Crippen LogP contribution >= 0.6 is 11.3 Å². The summed E-state index contributed by atoms with van der Waals surface area (Å²) in [6.07, 6.45) is 3.23. The molecule has 0 radical (unpaired) electrons. The van der Waals surface area contributed by atoms with Crippen LogP contribution in [0, 0.1) is 18.3 Å². The number of carbonyl (C=O) groups excluding carboxylic acids is 2. The zero-order valence-corrected chi connectivity index (χ0v) is 17.8. The molecule has 1 saturated carbocycles. The van der Waals surface area contributed by atoms with Gasteiger partial charge in [0.15, 0.2) is 11.8 Å². The Hall–Kier alpha value is -2.72. The van der Waals surface area contributed by atoms with E-state index in [1.165, 1.54) is 23.2 Å². The average Bonchev–Trinajstić information content (AvgIpc) is 3.24. The molecule has 6 nitrogen and oxygen atoms in total. The highest BCUT2D eigenvalue weighted by atomic mass is 32.1. The van der Waals surface area contributed by atoms with Crippen LogP contribution in [0.2, 0.25) is 0 Å².